The van der Waals surface area contributed by atoms with Crippen LogP contribution in [0.25, 0.3) is 0 Å². The summed E-state index contributed by atoms with van der Waals surface area (Å²) in [4.78, 5) is 20.8. The van der Waals surface area contributed by atoms with Crippen LogP contribution in [0.1, 0.15) is 30.7 Å². The molecule has 1 fully saturated rings. The van der Waals surface area contributed by atoms with Gasteiger partial charge in [0.2, 0.25) is 5.91 Å². The molecule has 3 rings (SSSR count). The first kappa shape index (κ1) is 16.6. The van der Waals surface area contributed by atoms with Gasteiger partial charge < -0.3 is 4.90 Å². The number of halogens is 1. The maximum absolute atomic E-state index is 13.9. The molecule has 1 aromatic heterocycles. The van der Waals surface area contributed by atoms with Crippen LogP contribution in [-0.2, 0) is 11.3 Å². The summed E-state index contributed by atoms with van der Waals surface area (Å²) in [5.74, 6) is 0.297. The van der Waals surface area contributed by atoms with Crippen molar-refractivity contribution >= 4 is 17.2 Å². The molecule has 1 amide bonds. The molecule has 23 heavy (non-hydrogen) atoms. The number of rotatable bonds is 5. The largest absolute Gasteiger partial charge is 0.344 e. The van der Waals surface area contributed by atoms with Crippen LogP contribution >= 0.6 is 11.3 Å². The number of likely N-dealkylation sites (N-methyl/N-ethyl adjacent to an activating group) is 1. The minimum Gasteiger partial charge on any atom is -0.344 e. The summed E-state index contributed by atoms with van der Waals surface area (Å²) in [6, 6.07) is 0.0852. The number of amides is 1. The summed E-state index contributed by atoms with van der Waals surface area (Å²) >= 11 is 1.60. The first-order valence-electron chi connectivity index (χ1n) is 8.30. The predicted octanol–water partition coefficient (Wildman–Crippen LogP) is 2.87. The number of likely N-dealkylation sites (tertiary alicyclic amines) is 1. The second kappa shape index (κ2) is 7.53. The number of hydrogen-bond donors (Lipinski definition) is 0. The Kier molecular flexibility index (Phi) is 5.43. The van der Waals surface area contributed by atoms with Gasteiger partial charge in [-0.2, -0.15) is 0 Å². The summed E-state index contributed by atoms with van der Waals surface area (Å²) < 4.78 is 13.9. The van der Waals surface area contributed by atoms with Gasteiger partial charge in [-0.1, -0.05) is 12.2 Å². The van der Waals surface area contributed by atoms with Gasteiger partial charge in [-0.15, -0.1) is 11.3 Å². The molecule has 1 aromatic rings. The summed E-state index contributed by atoms with van der Waals surface area (Å²) in [6.07, 6.45) is 8.47. The molecule has 1 saturated heterocycles. The lowest BCUT2D eigenvalue weighted by atomic mass is 9.93. The minimum atomic E-state index is -0.805. The van der Waals surface area contributed by atoms with Gasteiger partial charge >= 0.3 is 0 Å². The molecule has 0 radical (unpaired) electrons. The molecule has 6 heteroatoms. The van der Waals surface area contributed by atoms with Gasteiger partial charge in [0.05, 0.1) is 6.54 Å². The van der Waals surface area contributed by atoms with Gasteiger partial charge in [-0.3, -0.25) is 9.69 Å². The van der Waals surface area contributed by atoms with Crippen molar-refractivity contribution in [2.45, 2.75) is 44.4 Å². The van der Waals surface area contributed by atoms with Crippen LogP contribution in [0, 0.1) is 5.92 Å². The third-order valence-corrected chi connectivity index (χ3v) is 5.54. The van der Waals surface area contributed by atoms with E-state index in [4.69, 9.17) is 0 Å². The van der Waals surface area contributed by atoms with Crippen LogP contribution in [0.3, 0.4) is 0 Å². The summed E-state index contributed by atoms with van der Waals surface area (Å²) in [5, 5.41) is 2.95. The Labute approximate surface area is 141 Å². The van der Waals surface area contributed by atoms with E-state index in [1.165, 1.54) is 0 Å². The zero-order valence-corrected chi connectivity index (χ0v) is 14.3. The van der Waals surface area contributed by atoms with Gasteiger partial charge in [-0.05, 0) is 25.7 Å². The Morgan fingerprint density at radius 3 is 3.09 bits per heavy atom. The van der Waals surface area contributed by atoms with Crippen LogP contribution in [0.15, 0.2) is 23.7 Å². The van der Waals surface area contributed by atoms with Crippen LogP contribution < -0.4 is 0 Å². The molecule has 126 valence electrons. The first-order chi connectivity index (χ1) is 11.1. The molecule has 2 heterocycles. The van der Waals surface area contributed by atoms with Crippen molar-refractivity contribution in [3.8, 4) is 0 Å². The smallest absolute Gasteiger partial charge is 0.225 e. The van der Waals surface area contributed by atoms with E-state index in [0.29, 0.717) is 26.1 Å². The topological polar surface area (TPSA) is 36.4 Å². The lowest BCUT2D eigenvalue weighted by Crippen LogP contribution is -2.43. The predicted molar refractivity (Wildman–Crippen MR) is 89.9 cm³/mol. The third kappa shape index (κ3) is 4.18. The van der Waals surface area contributed by atoms with Crippen LogP contribution in [0.5, 0.6) is 0 Å². The fourth-order valence-corrected chi connectivity index (χ4v) is 4.19. The minimum absolute atomic E-state index is 0.0852. The van der Waals surface area contributed by atoms with E-state index < -0.39 is 6.17 Å². The summed E-state index contributed by atoms with van der Waals surface area (Å²) in [7, 11) is 1.85. The molecule has 0 N–H and O–H groups in total. The Morgan fingerprint density at radius 1 is 1.52 bits per heavy atom. The lowest BCUT2D eigenvalue weighted by molar-refractivity contribution is -0.135. The fourth-order valence-electron chi connectivity index (χ4n) is 3.55. The molecule has 0 unspecified atom stereocenters. The van der Waals surface area contributed by atoms with Crippen molar-refractivity contribution in [1.29, 1.82) is 0 Å². The monoisotopic (exact) mass is 337 g/mol. The van der Waals surface area contributed by atoms with E-state index in [2.05, 4.69) is 22.0 Å². The number of allylic oxidation sites excluding steroid dienone is 2. The van der Waals surface area contributed by atoms with E-state index in [9.17, 15) is 9.18 Å². The Morgan fingerprint density at radius 2 is 2.39 bits per heavy atom. The maximum atomic E-state index is 13.9. The number of nitrogens with zero attached hydrogens (tertiary/aromatic N) is 3. The number of alkyl halides is 1. The second-order valence-corrected chi connectivity index (χ2v) is 7.52. The molecular formula is C17H24FN3OS. The van der Waals surface area contributed by atoms with E-state index in [-0.39, 0.29) is 17.9 Å². The molecule has 0 bridgehead atoms. The number of aromatic nitrogens is 1. The fraction of sp³-hybridized carbons (Fsp3) is 0.647. The molecule has 4 nitrogen and oxygen atoms in total. The number of carbonyl (C=O) groups is 1. The average molecular weight is 337 g/mol. The SMILES string of the molecule is CN(C[C@@H]1C[C@H](F)CN1Cc1nccs1)C(=O)[C@H]1CC=CCC1. The van der Waals surface area contributed by atoms with Gasteiger partial charge in [0.15, 0.2) is 0 Å². The van der Waals surface area contributed by atoms with Crippen molar-refractivity contribution in [3.05, 3.63) is 28.7 Å². The van der Waals surface area contributed by atoms with Crippen molar-refractivity contribution in [3.63, 3.8) is 0 Å². The molecule has 3 atom stereocenters. The van der Waals surface area contributed by atoms with Gasteiger partial charge in [0.1, 0.15) is 11.2 Å². The van der Waals surface area contributed by atoms with Crippen molar-refractivity contribution < 1.29 is 9.18 Å². The number of carbonyl (C=O) groups excluding carboxylic acids is 1. The highest BCUT2D eigenvalue weighted by atomic mass is 32.1. The zero-order valence-electron chi connectivity index (χ0n) is 13.5. The number of thiazole rings is 1. The Bertz CT molecular complexity index is 548. The molecule has 1 aliphatic heterocycles. The van der Waals surface area contributed by atoms with E-state index in [1.54, 1.807) is 22.4 Å². The molecule has 0 spiro atoms. The van der Waals surface area contributed by atoms with Crippen molar-refractivity contribution in [2.24, 2.45) is 5.92 Å². The standard InChI is InChI=1S/C17H24FN3OS/c1-20(17(22)13-5-3-2-4-6-13)11-15-9-14(18)10-21(15)12-16-19-7-8-23-16/h2-3,7-8,13-15H,4-6,9-12H2,1H3/t13-,14-,15-/m0/s1. The van der Waals surface area contributed by atoms with Gasteiger partial charge in [-0.25, -0.2) is 9.37 Å². The van der Waals surface area contributed by atoms with Crippen molar-refractivity contribution in [1.82, 2.24) is 14.8 Å². The summed E-state index contributed by atoms with van der Waals surface area (Å²) in [5.41, 5.74) is 0. The Hall–Kier alpha value is -1.27. The lowest BCUT2D eigenvalue weighted by Gasteiger charge is -2.30. The third-order valence-electron chi connectivity index (χ3n) is 4.78. The molecule has 1 aliphatic carbocycles. The Balaban J connectivity index is 1.58. The van der Waals surface area contributed by atoms with E-state index in [0.717, 1.165) is 24.3 Å². The average Bonchev–Trinajstić information content (AvgIpc) is 3.18. The van der Waals surface area contributed by atoms with Crippen LogP contribution in [-0.4, -0.2) is 53.0 Å². The van der Waals surface area contributed by atoms with Crippen LogP contribution in [0.2, 0.25) is 0 Å². The molecule has 2 aliphatic rings. The first-order valence-corrected chi connectivity index (χ1v) is 9.18. The number of hydrogen-bond acceptors (Lipinski definition) is 4. The van der Waals surface area contributed by atoms with E-state index >= 15 is 0 Å². The van der Waals surface area contributed by atoms with Crippen molar-refractivity contribution in [2.75, 3.05) is 20.1 Å². The normalized spacial score (nSPS) is 28.2. The second-order valence-electron chi connectivity index (χ2n) is 6.54. The highest BCUT2D eigenvalue weighted by molar-refractivity contribution is 7.09. The molecule has 0 saturated carbocycles. The van der Waals surface area contributed by atoms with Gasteiger partial charge in [0.25, 0.3) is 0 Å². The summed E-state index contributed by atoms with van der Waals surface area (Å²) in [6.45, 7) is 1.72. The van der Waals surface area contributed by atoms with E-state index in [1.807, 2.05) is 12.4 Å². The highest BCUT2D eigenvalue weighted by Gasteiger charge is 2.34. The molecular weight excluding hydrogens is 313 g/mol. The zero-order chi connectivity index (χ0) is 16.2. The highest BCUT2D eigenvalue weighted by Crippen LogP contribution is 2.25. The molecule has 0 aromatic carbocycles. The maximum Gasteiger partial charge on any atom is 0.225 e. The van der Waals surface area contributed by atoms with Crippen LogP contribution in [0.4, 0.5) is 4.39 Å². The van der Waals surface area contributed by atoms with Gasteiger partial charge in [0, 0.05) is 43.7 Å². The quantitative estimate of drug-likeness (QED) is 0.775.